The first-order valence-electron chi connectivity index (χ1n) is 8.22. The second kappa shape index (κ2) is 7.36. The summed E-state index contributed by atoms with van der Waals surface area (Å²) in [5.74, 6) is 2.88. The summed E-state index contributed by atoms with van der Waals surface area (Å²) < 4.78 is 5.06. The summed E-state index contributed by atoms with van der Waals surface area (Å²) >= 11 is 0. The van der Waals surface area contributed by atoms with Crippen molar-refractivity contribution < 1.29 is 4.52 Å². The van der Waals surface area contributed by atoms with Gasteiger partial charge in [0.25, 0.3) is 0 Å². The SMILES string of the molecule is Cc1nc(CCN2CC(CC(C)C)NCC2C(C)C)no1. The number of nitrogens with one attached hydrogen (secondary N) is 1. The molecule has 0 spiro atoms. The van der Waals surface area contributed by atoms with E-state index in [0.717, 1.165) is 37.8 Å². The molecule has 2 rings (SSSR count). The molecular weight excluding hydrogens is 264 g/mol. The number of rotatable bonds is 6. The maximum atomic E-state index is 5.06. The Morgan fingerprint density at radius 1 is 1.33 bits per heavy atom. The maximum absolute atomic E-state index is 5.06. The fourth-order valence-electron chi connectivity index (χ4n) is 3.23. The molecule has 0 aliphatic carbocycles. The van der Waals surface area contributed by atoms with E-state index in [2.05, 4.69) is 48.1 Å². The van der Waals surface area contributed by atoms with Crippen LogP contribution in [0, 0.1) is 18.8 Å². The lowest BCUT2D eigenvalue weighted by molar-refractivity contribution is 0.0927. The fourth-order valence-corrected chi connectivity index (χ4v) is 3.23. The van der Waals surface area contributed by atoms with Crippen LogP contribution < -0.4 is 5.32 Å². The largest absolute Gasteiger partial charge is 0.340 e. The van der Waals surface area contributed by atoms with E-state index < -0.39 is 0 Å². The summed E-state index contributed by atoms with van der Waals surface area (Å²) in [6.45, 7) is 14.3. The minimum atomic E-state index is 0.599. The molecular formula is C16H30N4O. The van der Waals surface area contributed by atoms with Gasteiger partial charge in [0.2, 0.25) is 5.89 Å². The normalized spacial score (nSPS) is 24.1. The van der Waals surface area contributed by atoms with Crippen molar-refractivity contribution in [2.45, 2.75) is 59.5 Å². The van der Waals surface area contributed by atoms with Crippen molar-refractivity contribution >= 4 is 0 Å². The monoisotopic (exact) mass is 294 g/mol. The second-order valence-corrected chi connectivity index (χ2v) is 7.02. The van der Waals surface area contributed by atoms with Gasteiger partial charge in [0.1, 0.15) is 0 Å². The molecule has 120 valence electrons. The first-order valence-corrected chi connectivity index (χ1v) is 8.22. The van der Waals surface area contributed by atoms with Gasteiger partial charge in [-0.25, -0.2) is 0 Å². The lowest BCUT2D eigenvalue weighted by Gasteiger charge is -2.42. The predicted molar refractivity (Wildman–Crippen MR) is 84.2 cm³/mol. The molecule has 5 heteroatoms. The Kier molecular flexibility index (Phi) is 5.76. The van der Waals surface area contributed by atoms with E-state index >= 15 is 0 Å². The highest BCUT2D eigenvalue weighted by atomic mass is 16.5. The highest BCUT2D eigenvalue weighted by molar-refractivity contribution is 4.91. The van der Waals surface area contributed by atoms with Gasteiger partial charge in [-0.1, -0.05) is 32.9 Å². The van der Waals surface area contributed by atoms with E-state index in [9.17, 15) is 0 Å². The third kappa shape index (κ3) is 4.78. The van der Waals surface area contributed by atoms with Crippen LogP contribution in [0.15, 0.2) is 4.52 Å². The highest BCUT2D eigenvalue weighted by Gasteiger charge is 2.29. The van der Waals surface area contributed by atoms with Crippen LogP contribution in [0.4, 0.5) is 0 Å². The average Bonchev–Trinajstić information content (AvgIpc) is 2.81. The van der Waals surface area contributed by atoms with E-state index in [1.54, 1.807) is 0 Å². The van der Waals surface area contributed by atoms with E-state index in [0.29, 0.717) is 23.9 Å². The fraction of sp³-hybridized carbons (Fsp3) is 0.875. The topological polar surface area (TPSA) is 54.2 Å². The van der Waals surface area contributed by atoms with Gasteiger partial charge in [-0.15, -0.1) is 0 Å². The van der Waals surface area contributed by atoms with Gasteiger partial charge >= 0.3 is 0 Å². The summed E-state index contributed by atoms with van der Waals surface area (Å²) in [7, 11) is 0. The summed E-state index contributed by atoms with van der Waals surface area (Å²) in [6, 6.07) is 1.20. The molecule has 0 aromatic carbocycles. The molecule has 2 unspecified atom stereocenters. The van der Waals surface area contributed by atoms with Crippen LogP contribution in [0.2, 0.25) is 0 Å². The van der Waals surface area contributed by atoms with Crippen LogP contribution in [0.3, 0.4) is 0 Å². The zero-order valence-electron chi connectivity index (χ0n) is 14.1. The molecule has 5 nitrogen and oxygen atoms in total. The first kappa shape index (κ1) is 16.4. The molecule has 0 amide bonds. The summed E-state index contributed by atoms with van der Waals surface area (Å²) in [4.78, 5) is 6.92. The third-order valence-corrected chi connectivity index (χ3v) is 4.26. The maximum Gasteiger partial charge on any atom is 0.223 e. The van der Waals surface area contributed by atoms with Gasteiger partial charge in [0.05, 0.1) is 0 Å². The standard InChI is InChI=1S/C16H30N4O/c1-11(2)8-14-10-20(15(9-17-14)12(3)4)7-6-16-18-13(5)21-19-16/h11-12,14-15,17H,6-10H2,1-5H3. The van der Waals surface area contributed by atoms with Crippen LogP contribution in [0.25, 0.3) is 0 Å². The van der Waals surface area contributed by atoms with Gasteiger partial charge in [0, 0.05) is 45.1 Å². The second-order valence-electron chi connectivity index (χ2n) is 7.02. The Hall–Kier alpha value is -0.940. The number of aromatic nitrogens is 2. The van der Waals surface area contributed by atoms with Crippen molar-refractivity contribution in [3.63, 3.8) is 0 Å². The van der Waals surface area contributed by atoms with Gasteiger partial charge < -0.3 is 9.84 Å². The molecule has 1 aromatic rings. The Bertz CT molecular complexity index is 430. The number of hydrogen-bond acceptors (Lipinski definition) is 5. The average molecular weight is 294 g/mol. The molecule has 1 saturated heterocycles. The highest BCUT2D eigenvalue weighted by Crippen LogP contribution is 2.18. The smallest absolute Gasteiger partial charge is 0.223 e. The summed E-state index contributed by atoms with van der Waals surface area (Å²) in [6.07, 6.45) is 2.11. The number of hydrogen-bond donors (Lipinski definition) is 1. The molecule has 1 aliphatic heterocycles. The predicted octanol–water partition coefficient (Wildman–Crippen LogP) is 2.27. The van der Waals surface area contributed by atoms with Gasteiger partial charge in [-0.2, -0.15) is 4.98 Å². The van der Waals surface area contributed by atoms with Crippen molar-refractivity contribution in [1.29, 1.82) is 0 Å². The lowest BCUT2D eigenvalue weighted by atomic mass is 9.95. The van der Waals surface area contributed by atoms with Crippen LogP contribution >= 0.6 is 0 Å². The van der Waals surface area contributed by atoms with Crippen LogP contribution in [0.1, 0.15) is 45.8 Å². The minimum absolute atomic E-state index is 0.599. The molecule has 1 aromatic heterocycles. The molecule has 2 heterocycles. The van der Waals surface area contributed by atoms with Gasteiger partial charge in [-0.05, 0) is 18.3 Å². The van der Waals surface area contributed by atoms with E-state index in [1.807, 2.05) is 6.92 Å². The molecule has 0 radical (unpaired) electrons. The van der Waals surface area contributed by atoms with Crippen LogP contribution in [-0.4, -0.2) is 46.8 Å². The van der Waals surface area contributed by atoms with E-state index in [-0.39, 0.29) is 0 Å². The third-order valence-electron chi connectivity index (χ3n) is 4.26. The minimum Gasteiger partial charge on any atom is -0.340 e. The summed E-state index contributed by atoms with van der Waals surface area (Å²) in [5, 5.41) is 7.73. The molecule has 21 heavy (non-hydrogen) atoms. The van der Waals surface area contributed by atoms with E-state index in [1.165, 1.54) is 6.42 Å². The van der Waals surface area contributed by atoms with Crippen molar-refractivity contribution in [3.8, 4) is 0 Å². The molecule has 2 atom stereocenters. The van der Waals surface area contributed by atoms with Crippen LogP contribution in [0.5, 0.6) is 0 Å². The Balaban J connectivity index is 1.93. The zero-order chi connectivity index (χ0) is 15.4. The number of aryl methyl sites for hydroxylation is 1. The molecule has 1 N–H and O–H groups in total. The lowest BCUT2D eigenvalue weighted by Crippen LogP contribution is -2.58. The Labute approximate surface area is 128 Å². The van der Waals surface area contributed by atoms with Gasteiger partial charge in [0.15, 0.2) is 5.82 Å². The molecule has 0 bridgehead atoms. The zero-order valence-corrected chi connectivity index (χ0v) is 14.1. The van der Waals surface area contributed by atoms with E-state index in [4.69, 9.17) is 4.52 Å². The first-order chi connectivity index (χ1) is 9.95. The van der Waals surface area contributed by atoms with Crippen molar-refractivity contribution in [1.82, 2.24) is 20.4 Å². The van der Waals surface area contributed by atoms with Crippen molar-refractivity contribution in [3.05, 3.63) is 11.7 Å². The van der Waals surface area contributed by atoms with Crippen LogP contribution in [-0.2, 0) is 6.42 Å². The van der Waals surface area contributed by atoms with Crippen molar-refractivity contribution in [2.75, 3.05) is 19.6 Å². The summed E-state index contributed by atoms with van der Waals surface area (Å²) in [5.41, 5.74) is 0. The molecule has 1 fully saturated rings. The molecule has 0 saturated carbocycles. The van der Waals surface area contributed by atoms with Crippen molar-refractivity contribution in [2.24, 2.45) is 11.8 Å². The molecule has 1 aliphatic rings. The number of nitrogens with zero attached hydrogens (tertiary/aromatic N) is 3. The number of piperazine rings is 1. The Morgan fingerprint density at radius 2 is 2.10 bits per heavy atom. The Morgan fingerprint density at radius 3 is 2.67 bits per heavy atom. The van der Waals surface area contributed by atoms with Gasteiger partial charge in [-0.3, -0.25) is 4.90 Å². The quantitative estimate of drug-likeness (QED) is 0.872.